The Bertz CT molecular complexity index is 528. The molecule has 1 heterocycles. The molecule has 0 amide bonds. The number of hydrogen-bond acceptors (Lipinski definition) is 6. The van der Waals surface area contributed by atoms with E-state index in [1.165, 1.54) is 46.6 Å². The van der Waals surface area contributed by atoms with Crippen LogP contribution in [0.15, 0.2) is 12.1 Å². The minimum absolute atomic E-state index is 0.282. The van der Waals surface area contributed by atoms with Crippen LogP contribution >= 0.6 is 0 Å². The number of likely N-dealkylation sites (tertiary alicyclic amines) is 1. The SMILES string of the molecule is COC(=O)c1cc(OC)c(OCCCN2CCCCC2)cc1N. The van der Waals surface area contributed by atoms with Gasteiger partial charge in [-0.15, -0.1) is 0 Å². The van der Waals surface area contributed by atoms with Gasteiger partial charge in [-0.25, -0.2) is 4.79 Å². The predicted molar refractivity (Wildman–Crippen MR) is 89.1 cm³/mol. The largest absolute Gasteiger partial charge is 0.493 e. The van der Waals surface area contributed by atoms with E-state index >= 15 is 0 Å². The van der Waals surface area contributed by atoms with Crippen molar-refractivity contribution in [2.24, 2.45) is 0 Å². The molecule has 1 aromatic carbocycles. The molecule has 6 nitrogen and oxygen atoms in total. The maximum Gasteiger partial charge on any atom is 0.340 e. The molecule has 23 heavy (non-hydrogen) atoms. The van der Waals surface area contributed by atoms with Gasteiger partial charge in [-0.3, -0.25) is 0 Å². The number of carbonyl (C=O) groups is 1. The van der Waals surface area contributed by atoms with Crippen LogP contribution in [0.25, 0.3) is 0 Å². The molecular weight excluding hydrogens is 296 g/mol. The Labute approximate surface area is 137 Å². The number of carbonyl (C=O) groups excluding carboxylic acids is 1. The molecule has 0 atom stereocenters. The van der Waals surface area contributed by atoms with Gasteiger partial charge in [-0.2, -0.15) is 0 Å². The van der Waals surface area contributed by atoms with Gasteiger partial charge in [0, 0.05) is 18.7 Å². The molecule has 1 fully saturated rings. The van der Waals surface area contributed by atoms with Crippen LogP contribution in [0.1, 0.15) is 36.0 Å². The first kappa shape index (κ1) is 17.4. The third-order valence-corrected chi connectivity index (χ3v) is 4.07. The molecule has 6 heteroatoms. The van der Waals surface area contributed by atoms with E-state index in [2.05, 4.69) is 4.90 Å². The van der Waals surface area contributed by atoms with Gasteiger partial charge in [0.05, 0.1) is 32.1 Å². The Morgan fingerprint density at radius 3 is 2.57 bits per heavy atom. The monoisotopic (exact) mass is 322 g/mol. The van der Waals surface area contributed by atoms with Crippen LogP contribution in [-0.4, -0.2) is 51.3 Å². The number of anilines is 1. The van der Waals surface area contributed by atoms with Gasteiger partial charge in [-0.05, 0) is 32.4 Å². The van der Waals surface area contributed by atoms with Crippen molar-refractivity contribution in [2.45, 2.75) is 25.7 Å². The van der Waals surface area contributed by atoms with Gasteiger partial charge in [0.2, 0.25) is 0 Å². The first-order valence-corrected chi connectivity index (χ1v) is 8.06. The number of ether oxygens (including phenoxy) is 3. The van der Waals surface area contributed by atoms with Gasteiger partial charge >= 0.3 is 5.97 Å². The number of methoxy groups -OCH3 is 2. The van der Waals surface area contributed by atoms with Crippen LogP contribution in [0.5, 0.6) is 11.5 Å². The van der Waals surface area contributed by atoms with E-state index in [1.54, 1.807) is 12.1 Å². The van der Waals surface area contributed by atoms with Crippen molar-refractivity contribution in [3.05, 3.63) is 17.7 Å². The number of benzene rings is 1. The van der Waals surface area contributed by atoms with Crippen LogP contribution in [-0.2, 0) is 4.74 Å². The molecule has 0 bridgehead atoms. The molecule has 1 saturated heterocycles. The number of hydrogen-bond donors (Lipinski definition) is 1. The first-order valence-electron chi connectivity index (χ1n) is 8.06. The average molecular weight is 322 g/mol. The second kappa shape index (κ2) is 8.62. The highest BCUT2D eigenvalue weighted by Gasteiger charge is 2.16. The van der Waals surface area contributed by atoms with Crippen molar-refractivity contribution >= 4 is 11.7 Å². The zero-order valence-electron chi connectivity index (χ0n) is 14.0. The highest BCUT2D eigenvalue weighted by Crippen LogP contribution is 2.32. The summed E-state index contributed by atoms with van der Waals surface area (Å²) < 4.78 is 15.8. The fraction of sp³-hybridized carbons (Fsp3) is 0.588. The number of nitrogens with two attached hydrogens (primary N) is 1. The normalized spacial score (nSPS) is 15.2. The number of piperidine rings is 1. The molecule has 1 aromatic rings. The molecule has 0 saturated carbocycles. The van der Waals surface area contributed by atoms with E-state index in [0.717, 1.165) is 13.0 Å². The fourth-order valence-electron chi connectivity index (χ4n) is 2.79. The second-order valence-electron chi connectivity index (χ2n) is 5.69. The molecular formula is C17H26N2O4. The summed E-state index contributed by atoms with van der Waals surface area (Å²) in [6.07, 6.45) is 4.87. The summed E-state index contributed by atoms with van der Waals surface area (Å²) in [5.41, 5.74) is 6.50. The Balaban J connectivity index is 1.91. The van der Waals surface area contributed by atoms with E-state index in [1.807, 2.05) is 0 Å². The topological polar surface area (TPSA) is 74.0 Å². The summed E-state index contributed by atoms with van der Waals surface area (Å²) in [7, 11) is 2.85. The number of nitrogen functional groups attached to an aromatic ring is 1. The summed E-state index contributed by atoms with van der Waals surface area (Å²) in [6, 6.07) is 3.17. The average Bonchev–Trinajstić information content (AvgIpc) is 2.59. The van der Waals surface area contributed by atoms with Gasteiger partial charge in [0.15, 0.2) is 11.5 Å². The molecule has 1 aliphatic heterocycles. The van der Waals surface area contributed by atoms with Crippen molar-refractivity contribution in [3.63, 3.8) is 0 Å². The van der Waals surface area contributed by atoms with Crippen LogP contribution < -0.4 is 15.2 Å². The number of nitrogens with zero attached hydrogens (tertiary/aromatic N) is 1. The van der Waals surface area contributed by atoms with Gasteiger partial charge in [0.25, 0.3) is 0 Å². The summed E-state index contributed by atoms with van der Waals surface area (Å²) in [5.74, 6) is 0.548. The predicted octanol–water partition coefficient (Wildman–Crippen LogP) is 2.32. The highest BCUT2D eigenvalue weighted by atomic mass is 16.5. The summed E-state index contributed by atoms with van der Waals surface area (Å²) >= 11 is 0. The zero-order valence-corrected chi connectivity index (χ0v) is 14.0. The Morgan fingerprint density at radius 2 is 1.91 bits per heavy atom. The van der Waals surface area contributed by atoms with Gasteiger partial charge in [-0.1, -0.05) is 6.42 Å². The van der Waals surface area contributed by atoms with E-state index in [-0.39, 0.29) is 5.56 Å². The van der Waals surface area contributed by atoms with Gasteiger partial charge < -0.3 is 24.8 Å². The van der Waals surface area contributed by atoms with E-state index in [9.17, 15) is 4.79 Å². The van der Waals surface area contributed by atoms with Crippen molar-refractivity contribution in [2.75, 3.05) is 46.2 Å². The third kappa shape index (κ3) is 4.76. The summed E-state index contributed by atoms with van der Waals surface area (Å²) in [6.45, 7) is 4.00. The third-order valence-electron chi connectivity index (χ3n) is 4.07. The van der Waals surface area contributed by atoms with Crippen LogP contribution in [0.3, 0.4) is 0 Å². The van der Waals surface area contributed by atoms with Gasteiger partial charge in [0.1, 0.15) is 0 Å². The molecule has 128 valence electrons. The Hall–Kier alpha value is -1.95. The maximum absolute atomic E-state index is 11.6. The Morgan fingerprint density at radius 1 is 1.17 bits per heavy atom. The standard InChI is InChI=1S/C17H26N2O4/c1-21-15-11-13(17(20)22-2)14(18)12-16(15)23-10-6-9-19-7-4-3-5-8-19/h11-12H,3-10,18H2,1-2H3. The summed E-state index contributed by atoms with van der Waals surface area (Å²) in [4.78, 5) is 14.1. The lowest BCUT2D eigenvalue weighted by Gasteiger charge is -2.26. The van der Waals surface area contributed by atoms with Crippen molar-refractivity contribution in [1.82, 2.24) is 4.90 Å². The lowest BCUT2D eigenvalue weighted by atomic mass is 10.1. The number of esters is 1. The molecule has 0 unspecified atom stereocenters. The molecule has 0 aromatic heterocycles. The molecule has 2 N–H and O–H groups in total. The van der Waals surface area contributed by atoms with E-state index in [4.69, 9.17) is 19.9 Å². The van der Waals surface area contributed by atoms with E-state index in [0.29, 0.717) is 23.8 Å². The smallest absolute Gasteiger partial charge is 0.340 e. The van der Waals surface area contributed by atoms with Crippen molar-refractivity contribution in [1.29, 1.82) is 0 Å². The lowest BCUT2D eigenvalue weighted by molar-refractivity contribution is 0.0601. The highest BCUT2D eigenvalue weighted by molar-refractivity contribution is 5.96. The van der Waals surface area contributed by atoms with Crippen LogP contribution in [0.2, 0.25) is 0 Å². The Kier molecular flexibility index (Phi) is 6.52. The zero-order chi connectivity index (χ0) is 16.7. The minimum Gasteiger partial charge on any atom is -0.493 e. The first-order chi connectivity index (χ1) is 11.2. The molecule has 0 spiro atoms. The minimum atomic E-state index is -0.488. The molecule has 0 radical (unpaired) electrons. The molecule has 2 rings (SSSR count). The lowest BCUT2D eigenvalue weighted by Crippen LogP contribution is -2.31. The van der Waals surface area contributed by atoms with Crippen molar-refractivity contribution in [3.8, 4) is 11.5 Å². The summed E-state index contributed by atoms with van der Waals surface area (Å²) in [5, 5.41) is 0. The van der Waals surface area contributed by atoms with E-state index < -0.39 is 5.97 Å². The number of rotatable bonds is 7. The van der Waals surface area contributed by atoms with Crippen LogP contribution in [0.4, 0.5) is 5.69 Å². The van der Waals surface area contributed by atoms with Crippen LogP contribution in [0, 0.1) is 0 Å². The molecule has 1 aliphatic rings. The second-order valence-corrected chi connectivity index (χ2v) is 5.69. The quantitative estimate of drug-likeness (QED) is 0.472. The van der Waals surface area contributed by atoms with Crippen molar-refractivity contribution < 1.29 is 19.0 Å². The molecule has 0 aliphatic carbocycles. The maximum atomic E-state index is 11.6. The fourth-order valence-corrected chi connectivity index (χ4v) is 2.79.